The number of H-pyrrole nitrogens is 1. The van der Waals surface area contributed by atoms with Crippen molar-refractivity contribution in [2.75, 3.05) is 19.5 Å². The number of ether oxygens (including phenoxy) is 2. The Hall–Kier alpha value is -3.62. The molecule has 0 aliphatic carbocycles. The second-order valence-corrected chi connectivity index (χ2v) is 5.38. The molecule has 1 aromatic heterocycles. The quantitative estimate of drug-likeness (QED) is 0.514. The number of fused-ring (bicyclic) bond motifs is 1. The molecule has 3 aromatic rings. The maximum atomic E-state index is 11.8. The number of anilines is 1. The zero-order valence-corrected chi connectivity index (χ0v) is 14.1. The molecule has 26 heavy (non-hydrogen) atoms. The van der Waals surface area contributed by atoms with Crippen LogP contribution < -0.4 is 20.3 Å². The van der Waals surface area contributed by atoms with Gasteiger partial charge in [-0.25, -0.2) is 4.98 Å². The lowest BCUT2D eigenvalue weighted by Crippen LogP contribution is -2.09. The van der Waals surface area contributed by atoms with E-state index < -0.39 is 10.5 Å². The summed E-state index contributed by atoms with van der Waals surface area (Å²) < 4.78 is 10.6. The van der Waals surface area contributed by atoms with Crippen LogP contribution >= 0.6 is 0 Å². The number of methoxy groups -OCH3 is 2. The molecule has 0 atom stereocenters. The highest BCUT2D eigenvalue weighted by Gasteiger charge is 2.18. The molecule has 0 aliphatic rings. The number of nitrogens with one attached hydrogen (secondary N) is 2. The van der Waals surface area contributed by atoms with Gasteiger partial charge in [-0.3, -0.25) is 14.9 Å². The Balaban J connectivity index is 2.00. The van der Waals surface area contributed by atoms with Gasteiger partial charge in [-0.15, -0.1) is 0 Å². The third-order valence-electron chi connectivity index (χ3n) is 3.91. The summed E-state index contributed by atoms with van der Waals surface area (Å²) in [5, 5.41) is 14.6. The summed E-state index contributed by atoms with van der Waals surface area (Å²) in [6.07, 6.45) is 1.26. The molecule has 3 rings (SSSR count). The standard InChI is InChI=1S/C17H16N4O5/c1-25-15-5-3-4-10(16(15)26-2)8-18-13-7-12-11(6-14(13)21(23)24)17(22)20-9-19-12/h3-7,9,18H,8H2,1-2H3,(H,19,20,22). The van der Waals surface area contributed by atoms with Crippen molar-refractivity contribution in [2.45, 2.75) is 6.54 Å². The third-order valence-corrected chi connectivity index (χ3v) is 3.91. The summed E-state index contributed by atoms with van der Waals surface area (Å²) >= 11 is 0. The van der Waals surface area contributed by atoms with E-state index in [4.69, 9.17) is 9.47 Å². The van der Waals surface area contributed by atoms with Crippen LogP contribution in [0.5, 0.6) is 11.5 Å². The van der Waals surface area contributed by atoms with E-state index in [0.29, 0.717) is 17.0 Å². The molecule has 0 bridgehead atoms. The van der Waals surface area contributed by atoms with Gasteiger partial charge in [-0.1, -0.05) is 12.1 Å². The van der Waals surface area contributed by atoms with Crippen molar-refractivity contribution < 1.29 is 14.4 Å². The van der Waals surface area contributed by atoms with Crippen molar-refractivity contribution in [3.8, 4) is 11.5 Å². The van der Waals surface area contributed by atoms with Crippen LogP contribution in [0, 0.1) is 10.1 Å². The molecule has 0 fully saturated rings. The molecule has 0 spiro atoms. The number of hydrogen-bond donors (Lipinski definition) is 2. The number of aromatic nitrogens is 2. The van der Waals surface area contributed by atoms with E-state index in [0.717, 1.165) is 5.56 Å². The molecule has 2 N–H and O–H groups in total. The first-order valence-corrected chi connectivity index (χ1v) is 7.64. The molecule has 0 amide bonds. The smallest absolute Gasteiger partial charge is 0.293 e. The highest BCUT2D eigenvalue weighted by molar-refractivity contribution is 5.86. The van der Waals surface area contributed by atoms with Gasteiger partial charge in [-0.05, 0) is 12.1 Å². The lowest BCUT2D eigenvalue weighted by Gasteiger charge is -2.14. The number of nitro groups is 1. The lowest BCUT2D eigenvalue weighted by atomic mass is 10.1. The average Bonchev–Trinajstić information content (AvgIpc) is 2.65. The van der Waals surface area contributed by atoms with Crippen LogP contribution in [0.15, 0.2) is 41.5 Å². The minimum atomic E-state index is -0.545. The predicted molar refractivity (Wildman–Crippen MR) is 95.9 cm³/mol. The second kappa shape index (κ2) is 7.09. The fourth-order valence-electron chi connectivity index (χ4n) is 2.68. The molecule has 0 aliphatic heterocycles. The van der Waals surface area contributed by atoms with Gasteiger partial charge >= 0.3 is 0 Å². The SMILES string of the molecule is COc1cccc(CNc2cc3nc[nH]c(=O)c3cc2[N+](=O)[O-])c1OC. The molecule has 0 saturated heterocycles. The van der Waals surface area contributed by atoms with E-state index >= 15 is 0 Å². The number of para-hydroxylation sites is 1. The van der Waals surface area contributed by atoms with Crippen molar-refractivity contribution in [3.63, 3.8) is 0 Å². The molecule has 0 unspecified atom stereocenters. The van der Waals surface area contributed by atoms with Crippen molar-refractivity contribution in [3.05, 3.63) is 62.7 Å². The lowest BCUT2D eigenvalue weighted by molar-refractivity contribution is -0.383. The Morgan fingerprint density at radius 2 is 2.08 bits per heavy atom. The molecule has 9 nitrogen and oxygen atoms in total. The summed E-state index contributed by atoms with van der Waals surface area (Å²) in [5.41, 5.74) is 0.738. The number of nitro benzene ring substituents is 1. The first-order valence-electron chi connectivity index (χ1n) is 7.64. The normalized spacial score (nSPS) is 10.5. The first-order chi connectivity index (χ1) is 12.5. The Kier molecular flexibility index (Phi) is 4.70. The van der Waals surface area contributed by atoms with Crippen LogP contribution in [-0.4, -0.2) is 29.1 Å². The van der Waals surface area contributed by atoms with Crippen molar-refractivity contribution in [1.82, 2.24) is 9.97 Å². The Morgan fingerprint density at radius 1 is 1.27 bits per heavy atom. The largest absolute Gasteiger partial charge is 0.493 e. The van der Waals surface area contributed by atoms with Gasteiger partial charge in [0.1, 0.15) is 5.69 Å². The zero-order chi connectivity index (χ0) is 18.7. The van der Waals surface area contributed by atoms with E-state index in [1.165, 1.54) is 32.7 Å². The molecule has 134 valence electrons. The van der Waals surface area contributed by atoms with Crippen LogP contribution in [0.3, 0.4) is 0 Å². The fraction of sp³-hybridized carbons (Fsp3) is 0.176. The summed E-state index contributed by atoms with van der Waals surface area (Å²) in [6.45, 7) is 0.260. The Bertz CT molecular complexity index is 1030. The molecule has 9 heteroatoms. The number of aromatic amines is 1. The minimum Gasteiger partial charge on any atom is -0.493 e. The van der Waals surface area contributed by atoms with Gasteiger partial charge in [0.25, 0.3) is 11.2 Å². The van der Waals surface area contributed by atoms with Crippen LogP contribution in [0.1, 0.15) is 5.56 Å². The van der Waals surface area contributed by atoms with E-state index in [-0.39, 0.29) is 23.3 Å². The fourth-order valence-corrected chi connectivity index (χ4v) is 2.68. The van der Waals surface area contributed by atoms with E-state index in [1.807, 2.05) is 6.07 Å². The van der Waals surface area contributed by atoms with Gasteiger partial charge in [0.2, 0.25) is 0 Å². The van der Waals surface area contributed by atoms with E-state index in [9.17, 15) is 14.9 Å². The Labute approximate surface area is 147 Å². The maximum absolute atomic E-state index is 11.8. The van der Waals surface area contributed by atoms with Gasteiger partial charge in [-0.2, -0.15) is 0 Å². The third kappa shape index (κ3) is 3.14. The highest BCUT2D eigenvalue weighted by Crippen LogP contribution is 2.33. The topological polar surface area (TPSA) is 119 Å². The first kappa shape index (κ1) is 17.2. The molecular weight excluding hydrogens is 340 g/mol. The summed E-state index contributed by atoms with van der Waals surface area (Å²) in [4.78, 5) is 29.1. The molecule has 0 radical (unpaired) electrons. The second-order valence-electron chi connectivity index (χ2n) is 5.38. The average molecular weight is 356 g/mol. The minimum absolute atomic E-state index is 0.156. The Morgan fingerprint density at radius 3 is 2.77 bits per heavy atom. The number of hydrogen-bond acceptors (Lipinski definition) is 7. The van der Waals surface area contributed by atoms with Gasteiger partial charge in [0, 0.05) is 18.2 Å². The van der Waals surface area contributed by atoms with Gasteiger partial charge in [0.05, 0.1) is 36.4 Å². The van der Waals surface area contributed by atoms with Crippen LogP contribution in [0.25, 0.3) is 10.9 Å². The molecule has 0 saturated carbocycles. The summed E-state index contributed by atoms with van der Waals surface area (Å²) in [7, 11) is 3.06. The zero-order valence-electron chi connectivity index (χ0n) is 14.1. The van der Waals surface area contributed by atoms with Crippen LogP contribution in [-0.2, 0) is 6.54 Å². The molecular formula is C17H16N4O5. The number of nitrogens with zero attached hydrogens (tertiary/aromatic N) is 2. The summed E-state index contributed by atoms with van der Waals surface area (Å²) in [6, 6.07) is 8.08. The predicted octanol–water partition coefficient (Wildman–Crippen LogP) is 2.46. The van der Waals surface area contributed by atoms with Crippen molar-refractivity contribution in [2.24, 2.45) is 0 Å². The highest BCUT2D eigenvalue weighted by atomic mass is 16.6. The summed E-state index contributed by atoms with van der Waals surface area (Å²) in [5.74, 6) is 1.11. The molecule has 1 heterocycles. The monoisotopic (exact) mass is 356 g/mol. The van der Waals surface area contributed by atoms with E-state index in [1.54, 1.807) is 12.1 Å². The van der Waals surface area contributed by atoms with E-state index in [2.05, 4.69) is 15.3 Å². The maximum Gasteiger partial charge on any atom is 0.293 e. The number of benzene rings is 2. The van der Waals surface area contributed by atoms with Gasteiger partial charge in [0.15, 0.2) is 11.5 Å². The van der Waals surface area contributed by atoms with Crippen molar-refractivity contribution in [1.29, 1.82) is 0 Å². The molecule has 2 aromatic carbocycles. The van der Waals surface area contributed by atoms with Crippen LogP contribution in [0.2, 0.25) is 0 Å². The van der Waals surface area contributed by atoms with Gasteiger partial charge < -0.3 is 19.8 Å². The number of rotatable bonds is 6. The van der Waals surface area contributed by atoms with Crippen molar-refractivity contribution >= 4 is 22.3 Å². The van der Waals surface area contributed by atoms with Crippen LogP contribution in [0.4, 0.5) is 11.4 Å².